The molecular weight excluding hydrogens is 448 g/mol. The number of amides is 1. The molecule has 1 fully saturated rings. The van der Waals surface area contributed by atoms with E-state index in [0.717, 1.165) is 31.7 Å². The van der Waals surface area contributed by atoms with E-state index in [1.807, 2.05) is 32.1 Å². The fourth-order valence-electron chi connectivity index (χ4n) is 4.33. The van der Waals surface area contributed by atoms with Gasteiger partial charge in [-0.3, -0.25) is 14.6 Å². The highest BCUT2D eigenvalue weighted by atomic mass is 16.5. The lowest BCUT2D eigenvalue weighted by molar-refractivity contribution is 0.0978. The van der Waals surface area contributed by atoms with Gasteiger partial charge in [-0.15, -0.1) is 0 Å². The van der Waals surface area contributed by atoms with Crippen molar-refractivity contribution in [1.82, 2.24) is 15.2 Å². The first-order valence-corrected chi connectivity index (χ1v) is 11.8. The van der Waals surface area contributed by atoms with E-state index in [9.17, 15) is 4.79 Å². The van der Waals surface area contributed by atoms with Crippen LogP contribution in [0.1, 0.15) is 29.8 Å². The fraction of sp³-hybridized carbons (Fsp3) is 0.462. The number of ether oxygens (including phenoxy) is 4. The lowest BCUT2D eigenvalue weighted by atomic mass is 9.99. The first-order valence-electron chi connectivity index (χ1n) is 11.8. The Balaban J connectivity index is 1.71. The minimum atomic E-state index is -0.428. The van der Waals surface area contributed by atoms with Crippen molar-refractivity contribution in [2.75, 3.05) is 65.5 Å². The molecule has 3 heterocycles. The molecule has 0 radical (unpaired) electrons. The number of rotatable bonds is 8. The predicted octanol–water partition coefficient (Wildman–Crippen LogP) is 2.84. The molecule has 1 saturated heterocycles. The van der Waals surface area contributed by atoms with Crippen LogP contribution in [0, 0.1) is 0 Å². The van der Waals surface area contributed by atoms with Gasteiger partial charge in [-0.1, -0.05) is 0 Å². The van der Waals surface area contributed by atoms with Gasteiger partial charge in [0.1, 0.15) is 22.9 Å². The van der Waals surface area contributed by atoms with E-state index >= 15 is 0 Å². The molecule has 0 saturated carbocycles. The molecule has 0 aliphatic carbocycles. The Morgan fingerprint density at radius 3 is 2.57 bits per heavy atom. The number of hydrogen-bond donors (Lipinski definition) is 1. The van der Waals surface area contributed by atoms with Crippen LogP contribution in [0.2, 0.25) is 0 Å². The molecule has 188 valence electrons. The maximum atomic E-state index is 14.0. The van der Waals surface area contributed by atoms with Crippen molar-refractivity contribution in [3.63, 3.8) is 0 Å². The summed E-state index contributed by atoms with van der Waals surface area (Å²) in [5.74, 6) is 2.26. The Morgan fingerprint density at radius 2 is 1.89 bits per heavy atom. The van der Waals surface area contributed by atoms with Crippen LogP contribution >= 0.6 is 0 Å². The van der Waals surface area contributed by atoms with Gasteiger partial charge >= 0.3 is 0 Å². The van der Waals surface area contributed by atoms with E-state index in [1.165, 1.54) is 7.11 Å². The number of anilines is 1. The number of methoxy groups -OCH3 is 3. The molecule has 0 bridgehead atoms. The van der Waals surface area contributed by atoms with Crippen LogP contribution in [0.4, 0.5) is 5.82 Å². The molecule has 0 spiro atoms. The fourth-order valence-corrected chi connectivity index (χ4v) is 4.33. The van der Waals surface area contributed by atoms with Gasteiger partial charge in [0.25, 0.3) is 11.8 Å². The van der Waals surface area contributed by atoms with E-state index in [0.29, 0.717) is 47.6 Å². The van der Waals surface area contributed by atoms with E-state index in [1.54, 1.807) is 37.3 Å². The Kier molecular flexibility index (Phi) is 7.47. The first kappa shape index (κ1) is 24.8. The van der Waals surface area contributed by atoms with E-state index < -0.39 is 5.60 Å². The molecule has 1 amide bonds. The quantitative estimate of drug-likeness (QED) is 0.615. The Bertz CT molecular complexity index is 1100. The molecule has 1 aromatic carbocycles. The summed E-state index contributed by atoms with van der Waals surface area (Å²) in [5, 5.41) is 3.36. The second-order valence-electron chi connectivity index (χ2n) is 9.03. The average Bonchev–Trinajstić information content (AvgIpc) is 2.87. The maximum Gasteiger partial charge on any atom is 0.263 e. The molecule has 1 aromatic heterocycles. The molecule has 0 atom stereocenters. The van der Waals surface area contributed by atoms with Gasteiger partial charge in [-0.25, -0.2) is 0 Å². The van der Waals surface area contributed by atoms with Crippen molar-refractivity contribution in [3.8, 4) is 23.1 Å². The van der Waals surface area contributed by atoms with Gasteiger partial charge in [0, 0.05) is 39.3 Å². The van der Waals surface area contributed by atoms with Crippen LogP contribution in [0.25, 0.3) is 6.08 Å². The third-order valence-corrected chi connectivity index (χ3v) is 6.21. The molecular formula is C26H34N4O5. The Labute approximate surface area is 206 Å². The zero-order chi connectivity index (χ0) is 25.0. The number of aromatic nitrogens is 1. The van der Waals surface area contributed by atoms with Crippen LogP contribution in [-0.2, 0) is 0 Å². The van der Waals surface area contributed by atoms with Crippen molar-refractivity contribution < 1.29 is 23.7 Å². The summed E-state index contributed by atoms with van der Waals surface area (Å²) >= 11 is 0. The van der Waals surface area contributed by atoms with Gasteiger partial charge < -0.3 is 24.3 Å². The molecule has 0 unspecified atom stereocenters. The standard InChI is InChI=1S/C26H34N4O5/c1-26(2)11-10-18-20(35-26)7-6-19(23(18)33-4)25(31)30(17-16-29-14-12-27-13-15-29)22-9-8-21(32-3)24(28-22)34-5/h6-11,27H,12-17H2,1-5H3. The number of carbonyl (C=O) groups excluding carboxylic acids is 1. The summed E-state index contributed by atoms with van der Waals surface area (Å²) in [7, 11) is 4.66. The summed E-state index contributed by atoms with van der Waals surface area (Å²) in [5.41, 5.74) is 0.763. The topological polar surface area (TPSA) is 85.4 Å². The van der Waals surface area contributed by atoms with Gasteiger partial charge in [-0.2, -0.15) is 4.98 Å². The first-order chi connectivity index (χ1) is 16.9. The smallest absolute Gasteiger partial charge is 0.263 e. The lowest BCUT2D eigenvalue weighted by Crippen LogP contribution is -2.47. The summed E-state index contributed by atoms with van der Waals surface area (Å²) in [6.45, 7) is 8.88. The highest BCUT2D eigenvalue weighted by Gasteiger charge is 2.30. The van der Waals surface area contributed by atoms with Crippen LogP contribution in [-0.4, -0.2) is 82.0 Å². The van der Waals surface area contributed by atoms with Gasteiger partial charge in [0.2, 0.25) is 0 Å². The number of hydrogen-bond acceptors (Lipinski definition) is 8. The number of fused-ring (bicyclic) bond motifs is 1. The molecule has 2 aliphatic rings. The van der Waals surface area contributed by atoms with Crippen LogP contribution in [0.5, 0.6) is 23.1 Å². The third kappa shape index (κ3) is 5.36. The van der Waals surface area contributed by atoms with E-state index in [-0.39, 0.29) is 5.91 Å². The van der Waals surface area contributed by atoms with Crippen molar-refractivity contribution in [3.05, 3.63) is 41.5 Å². The average molecular weight is 483 g/mol. The largest absolute Gasteiger partial charge is 0.495 e. The van der Waals surface area contributed by atoms with Crippen molar-refractivity contribution in [2.45, 2.75) is 19.4 Å². The SMILES string of the molecule is COc1ccc(N(CCN2CCNCC2)C(=O)c2ccc3c(c2OC)C=CC(C)(C)O3)nc1OC. The zero-order valence-corrected chi connectivity index (χ0v) is 21.1. The summed E-state index contributed by atoms with van der Waals surface area (Å²) < 4.78 is 22.6. The maximum absolute atomic E-state index is 14.0. The molecule has 35 heavy (non-hydrogen) atoms. The highest BCUT2D eigenvalue weighted by Crippen LogP contribution is 2.40. The second kappa shape index (κ2) is 10.5. The normalized spacial score (nSPS) is 16.7. The highest BCUT2D eigenvalue weighted by molar-refractivity contribution is 6.08. The third-order valence-electron chi connectivity index (χ3n) is 6.21. The Hall–Kier alpha value is -3.30. The molecule has 1 N–H and O–H groups in total. The van der Waals surface area contributed by atoms with Gasteiger partial charge in [-0.05, 0) is 50.3 Å². The van der Waals surface area contributed by atoms with E-state index in [2.05, 4.69) is 15.2 Å². The van der Waals surface area contributed by atoms with Crippen LogP contribution in [0.3, 0.4) is 0 Å². The number of piperazine rings is 1. The second-order valence-corrected chi connectivity index (χ2v) is 9.03. The minimum Gasteiger partial charge on any atom is -0.495 e. The van der Waals surface area contributed by atoms with Crippen molar-refractivity contribution >= 4 is 17.8 Å². The summed E-state index contributed by atoms with van der Waals surface area (Å²) in [6, 6.07) is 7.11. The monoisotopic (exact) mass is 482 g/mol. The molecule has 4 rings (SSSR count). The molecule has 9 heteroatoms. The van der Waals surface area contributed by atoms with Gasteiger partial charge in [0.05, 0.1) is 32.5 Å². The number of nitrogens with zero attached hydrogens (tertiary/aromatic N) is 3. The zero-order valence-electron chi connectivity index (χ0n) is 21.1. The summed E-state index contributed by atoms with van der Waals surface area (Å²) in [6.07, 6.45) is 3.92. The van der Waals surface area contributed by atoms with Crippen molar-refractivity contribution in [1.29, 1.82) is 0 Å². The van der Waals surface area contributed by atoms with Gasteiger partial charge in [0.15, 0.2) is 5.75 Å². The number of carbonyl (C=O) groups is 1. The van der Waals surface area contributed by atoms with Crippen molar-refractivity contribution in [2.24, 2.45) is 0 Å². The minimum absolute atomic E-state index is 0.210. The molecule has 2 aromatic rings. The molecule has 9 nitrogen and oxygen atoms in total. The number of nitrogens with one attached hydrogen (secondary N) is 1. The lowest BCUT2D eigenvalue weighted by Gasteiger charge is -2.31. The molecule has 2 aliphatic heterocycles. The van der Waals surface area contributed by atoms with E-state index in [4.69, 9.17) is 18.9 Å². The predicted molar refractivity (Wildman–Crippen MR) is 135 cm³/mol. The summed E-state index contributed by atoms with van der Waals surface area (Å²) in [4.78, 5) is 22.6. The number of benzene rings is 1. The van der Waals surface area contributed by atoms with Crippen LogP contribution < -0.4 is 29.2 Å². The van der Waals surface area contributed by atoms with Crippen LogP contribution in [0.15, 0.2) is 30.3 Å². The Morgan fingerprint density at radius 1 is 1.11 bits per heavy atom. The number of pyridine rings is 1.